The molecule has 0 aliphatic carbocycles. The van der Waals surface area contributed by atoms with Crippen LogP contribution in [0.4, 0.5) is 0 Å². The zero-order valence-electron chi connectivity index (χ0n) is 21.0. The molecule has 190 valence electrons. The fraction of sp³-hybridized carbons (Fsp3) is 0.129. The number of para-hydroxylation sites is 2. The summed E-state index contributed by atoms with van der Waals surface area (Å²) in [7, 11) is 0. The molecule has 6 nitrogen and oxygen atoms in total. The molecule has 0 saturated heterocycles. The van der Waals surface area contributed by atoms with Crippen molar-refractivity contribution in [2.75, 3.05) is 5.75 Å². The van der Waals surface area contributed by atoms with Gasteiger partial charge in [0.2, 0.25) is 5.91 Å². The van der Waals surface area contributed by atoms with Gasteiger partial charge in [0.1, 0.15) is 5.75 Å². The van der Waals surface area contributed by atoms with Gasteiger partial charge >= 0.3 is 0 Å². The molecule has 0 bridgehead atoms. The Bertz CT molecular complexity index is 1410. The number of rotatable bonds is 10. The molecule has 5 aromatic rings. The van der Waals surface area contributed by atoms with Gasteiger partial charge in [-0.1, -0.05) is 109 Å². The molecule has 1 amide bonds. The van der Waals surface area contributed by atoms with Crippen molar-refractivity contribution in [2.45, 2.75) is 24.2 Å². The molecule has 0 unspecified atom stereocenters. The van der Waals surface area contributed by atoms with Crippen LogP contribution < -0.4 is 10.1 Å². The third-order valence-corrected chi connectivity index (χ3v) is 6.92. The molecule has 0 aliphatic heterocycles. The summed E-state index contributed by atoms with van der Waals surface area (Å²) in [5.74, 6) is 1.51. The van der Waals surface area contributed by atoms with Crippen molar-refractivity contribution in [2.24, 2.45) is 0 Å². The Balaban J connectivity index is 1.35. The fourth-order valence-electron chi connectivity index (χ4n) is 4.20. The summed E-state index contributed by atoms with van der Waals surface area (Å²) in [6, 6.07) is 39.2. The maximum Gasteiger partial charge on any atom is 0.231 e. The number of carbonyl (C=O) groups is 1. The molecule has 38 heavy (non-hydrogen) atoms. The van der Waals surface area contributed by atoms with Crippen molar-refractivity contribution in [3.63, 3.8) is 0 Å². The molecule has 1 heterocycles. The second-order valence-corrected chi connectivity index (χ2v) is 9.64. The van der Waals surface area contributed by atoms with Crippen LogP contribution in [-0.4, -0.2) is 26.4 Å². The van der Waals surface area contributed by atoms with E-state index in [0.29, 0.717) is 11.0 Å². The van der Waals surface area contributed by atoms with Crippen molar-refractivity contribution >= 4 is 17.7 Å². The van der Waals surface area contributed by atoms with Crippen molar-refractivity contribution in [1.29, 1.82) is 0 Å². The van der Waals surface area contributed by atoms with E-state index in [-0.39, 0.29) is 23.8 Å². The molecule has 1 aromatic heterocycles. The summed E-state index contributed by atoms with van der Waals surface area (Å²) >= 11 is 1.35. The summed E-state index contributed by atoms with van der Waals surface area (Å²) in [5.41, 5.74) is 2.96. The zero-order chi connectivity index (χ0) is 26.2. The van der Waals surface area contributed by atoms with Gasteiger partial charge in [0, 0.05) is 5.69 Å². The molecule has 0 fully saturated rings. The molecular weight excluding hydrogens is 492 g/mol. The van der Waals surface area contributed by atoms with E-state index >= 15 is 0 Å². The van der Waals surface area contributed by atoms with Gasteiger partial charge in [0.15, 0.2) is 17.1 Å². The smallest absolute Gasteiger partial charge is 0.231 e. The van der Waals surface area contributed by atoms with E-state index in [2.05, 4.69) is 15.5 Å². The van der Waals surface area contributed by atoms with Crippen molar-refractivity contribution in [1.82, 2.24) is 20.1 Å². The molecule has 1 atom stereocenters. The third-order valence-electron chi connectivity index (χ3n) is 6.00. The number of amides is 1. The van der Waals surface area contributed by atoms with Crippen molar-refractivity contribution in [3.05, 3.63) is 138 Å². The zero-order valence-corrected chi connectivity index (χ0v) is 21.8. The lowest BCUT2D eigenvalue weighted by Crippen LogP contribution is -2.30. The molecule has 1 N–H and O–H groups in total. The largest absolute Gasteiger partial charge is 0.483 e. The third kappa shape index (κ3) is 6.12. The highest BCUT2D eigenvalue weighted by molar-refractivity contribution is 7.99. The minimum Gasteiger partial charge on any atom is -0.483 e. The van der Waals surface area contributed by atoms with Crippen LogP contribution in [0.5, 0.6) is 5.75 Å². The Morgan fingerprint density at radius 1 is 0.789 bits per heavy atom. The predicted octanol–water partition coefficient (Wildman–Crippen LogP) is 6.41. The topological polar surface area (TPSA) is 69.0 Å². The second-order valence-electron chi connectivity index (χ2n) is 8.70. The van der Waals surface area contributed by atoms with Gasteiger partial charge in [0.05, 0.1) is 11.8 Å². The van der Waals surface area contributed by atoms with Crippen LogP contribution in [-0.2, 0) is 4.79 Å². The van der Waals surface area contributed by atoms with Crippen LogP contribution in [0.15, 0.2) is 126 Å². The monoisotopic (exact) mass is 520 g/mol. The summed E-state index contributed by atoms with van der Waals surface area (Å²) in [5, 5.41) is 12.7. The van der Waals surface area contributed by atoms with Crippen LogP contribution in [0.1, 0.15) is 36.0 Å². The molecule has 0 radical (unpaired) electrons. The average Bonchev–Trinajstić information content (AvgIpc) is 3.41. The number of hydrogen-bond donors (Lipinski definition) is 1. The highest BCUT2D eigenvalue weighted by Crippen LogP contribution is 2.28. The Morgan fingerprint density at radius 3 is 1.89 bits per heavy atom. The lowest BCUT2D eigenvalue weighted by Gasteiger charge is -2.20. The molecular formula is C31H28N4O2S. The van der Waals surface area contributed by atoms with Crippen molar-refractivity contribution < 1.29 is 9.53 Å². The number of hydrogen-bond acceptors (Lipinski definition) is 5. The standard InChI is InChI=1S/C31H28N4O2S/c1-23(37-27-20-12-5-13-21-27)30-33-34-31(35(30)26-18-10-4-11-19-26)38-22-28(36)32-29(24-14-6-2-7-15-24)25-16-8-3-9-17-25/h2-21,23,29H,22H2,1H3,(H,32,36)/t23-/m1/s1. The molecule has 0 aliphatic rings. The minimum absolute atomic E-state index is 0.0922. The van der Waals surface area contributed by atoms with Gasteiger partial charge in [-0.3, -0.25) is 9.36 Å². The summed E-state index contributed by atoms with van der Waals surface area (Å²) in [4.78, 5) is 13.2. The Hall–Kier alpha value is -4.36. The van der Waals surface area contributed by atoms with E-state index in [1.54, 1.807) is 0 Å². The van der Waals surface area contributed by atoms with E-state index in [9.17, 15) is 4.79 Å². The minimum atomic E-state index is -0.353. The van der Waals surface area contributed by atoms with Crippen LogP contribution in [0.2, 0.25) is 0 Å². The summed E-state index contributed by atoms with van der Waals surface area (Å²) < 4.78 is 8.10. The van der Waals surface area contributed by atoms with Crippen LogP contribution in [0.25, 0.3) is 5.69 Å². The molecule has 7 heteroatoms. The molecule has 0 spiro atoms. The van der Waals surface area contributed by atoms with Gasteiger partial charge in [-0.05, 0) is 42.3 Å². The maximum absolute atomic E-state index is 13.2. The van der Waals surface area contributed by atoms with E-state index in [1.807, 2.05) is 133 Å². The van der Waals surface area contributed by atoms with Crippen LogP contribution >= 0.6 is 11.8 Å². The first kappa shape index (κ1) is 25.3. The van der Waals surface area contributed by atoms with Gasteiger partial charge in [-0.2, -0.15) is 0 Å². The quantitative estimate of drug-likeness (QED) is 0.216. The van der Waals surface area contributed by atoms with E-state index in [4.69, 9.17) is 4.74 Å². The van der Waals surface area contributed by atoms with Crippen molar-refractivity contribution in [3.8, 4) is 11.4 Å². The number of nitrogens with zero attached hydrogens (tertiary/aromatic N) is 3. The normalized spacial score (nSPS) is 11.7. The van der Waals surface area contributed by atoms with Gasteiger partial charge in [-0.25, -0.2) is 0 Å². The number of benzene rings is 4. The SMILES string of the molecule is C[C@@H](Oc1ccccc1)c1nnc(SCC(=O)NC(c2ccccc2)c2ccccc2)n1-c1ccccc1. The summed E-state index contributed by atoms with van der Waals surface area (Å²) in [6.45, 7) is 1.95. The number of ether oxygens (including phenoxy) is 1. The van der Waals surface area contributed by atoms with Crippen LogP contribution in [0.3, 0.4) is 0 Å². The average molecular weight is 521 g/mol. The Kier molecular flexibility index (Phi) is 8.16. The van der Waals surface area contributed by atoms with Gasteiger partial charge < -0.3 is 10.1 Å². The number of nitrogens with one attached hydrogen (secondary N) is 1. The predicted molar refractivity (Wildman–Crippen MR) is 150 cm³/mol. The van der Waals surface area contributed by atoms with E-state index in [1.165, 1.54) is 11.8 Å². The van der Waals surface area contributed by atoms with Crippen LogP contribution in [0, 0.1) is 0 Å². The van der Waals surface area contributed by atoms with E-state index in [0.717, 1.165) is 22.6 Å². The molecule has 4 aromatic carbocycles. The maximum atomic E-state index is 13.2. The highest BCUT2D eigenvalue weighted by atomic mass is 32.2. The summed E-state index contributed by atoms with van der Waals surface area (Å²) in [6.07, 6.45) is -0.353. The fourth-order valence-corrected chi connectivity index (χ4v) is 4.97. The first-order valence-electron chi connectivity index (χ1n) is 12.4. The first-order valence-corrected chi connectivity index (χ1v) is 13.4. The first-order chi connectivity index (χ1) is 18.7. The number of thioether (sulfide) groups is 1. The highest BCUT2D eigenvalue weighted by Gasteiger charge is 2.22. The molecule has 0 saturated carbocycles. The lowest BCUT2D eigenvalue weighted by molar-refractivity contribution is -0.119. The van der Waals surface area contributed by atoms with Gasteiger partial charge in [-0.15, -0.1) is 10.2 Å². The van der Waals surface area contributed by atoms with Gasteiger partial charge in [0.25, 0.3) is 0 Å². The second kappa shape index (κ2) is 12.3. The molecule has 5 rings (SSSR count). The number of aromatic nitrogens is 3. The van der Waals surface area contributed by atoms with E-state index < -0.39 is 0 Å². The Morgan fingerprint density at radius 2 is 1.32 bits per heavy atom. The number of carbonyl (C=O) groups excluding carboxylic acids is 1. The Labute approximate surface area is 226 Å². The lowest BCUT2D eigenvalue weighted by atomic mass is 9.99.